The molecule has 2 heterocycles. The fourth-order valence-electron chi connectivity index (χ4n) is 3.44. The Bertz CT molecular complexity index is 1440. The van der Waals surface area contributed by atoms with Crippen LogP contribution < -0.4 is 10.1 Å². The number of anilines is 1. The van der Waals surface area contributed by atoms with Crippen molar-refractivity contribution in [3.05, 3.63) is 99.6 Å². The van der Waals surface area contributed by atoms with Crippen LogP contribution in [0.2, 0.25) is 5.02 Å². The molecule has 0 unspecified atom stereocenters. The van der Waals surface area contributed by atoms with Crippen molar-refractivity contribution in [2.24, 2.45) is 5.10 Å². The van der Waals surface area contributed by atoms with E-state index in [1.807, 2.05) is 44.2 Å². The number of hydrogen-bond donors (Lipinski definition) is 2. The van der Waals surface area contributed by atoms with E-state index >= 15 is 0 Å². The molecule has 1 amide bonds. The monoisotopic (exact) mass is 512 g/mol. The van der Waals surface area contributed by atoms with Gasteiger partial charge in [-0.25, -0.2) is 13.8 Å². The van der Waals surface area contributed by atoms with Gasteiger partial charge in [0.2, 0.25) is 0 Å². The van der Waals surface area contributed by atoms with Crippen LogP contribution in [0.3, 0.4) is 0 Å². The highest BCUT2D eigenvalue weighted by Gasteiger charge is 2.15. The highest BCUT2D eigenvalue weighted by molar-refractivity contribution is 7.94. The second-order valence-electron chi connectivity index (χ2n) is 7.45. The molecule has 0 bridgehead atoms. The average molecular weight is 513 g/mol. The molecule has 0 aliphatic rings. The van der Waals surface area contributed by atoms with Gasteiger partial charge in [0.1, 0.15) is 4.21 Å². The number of carbonyl (C=O) groups is 1. The first-order valence-electron chi connectivity index (χ1n) is 10.2. The SMILES string of the molecule is Cc1cc(/C=N/NC(=O)c2ccc(NS(=O)(=O)c3cccs3)cc2)c(C)n1-c1ccc(Cl)cc1. The van der Waals surface area contributed by atoms with Gasteiger partial charge in [-0.05, 0) is 79.9 Å². The van der Waals surface area contributed by atoms with Gasteiger partial charge in [0.05, 0.1) is 6.21 Å². The smallest absolute Gasteiger partial charge is 0.271 e. The Morgan fingerprint density at radius 2 is 1.76 bits per heavy atom. The molecule has 0 radical (unpaired) electrons. The second kappa shape index (κ2) is 9.84. The molecule has 174 valence electrons. The number of halogens is 1. The van der Waals surface area contributed by atoms with E-state index in [-0.39, 0.29) is 4.21 Å². The molecule has 34 heavy (non-hydrogen) atoms. The molecule has 0 aliphatic carbocycles. The Balaban J connectivity index is 1.41. The van der Waals surface area contributed by atoms with E-state index in [0.717, 1.165) is 34.0 Å². The van der Waals surface area contributed by atoms with Crippen LogP contribution in [0.15, 0.2) is 81.4 Å². The minimum atomic E-state index is -3.64. The third-order valence-electron chi connectivity index (χ3n) is 5.08. The van der Waals surface area contributed by atoms with Crippen molar-refractivity contribution >= 4 is 50.8 Å². The van der Waals surface area contributed by atoms with E-state index in [2.05, 4.69) is 19.8 Å². The Morgan fingerprint density at radius 1 is 1.06 bits per heavy atom. The minimum Gasteiger partial charge on any atom is -0.318 e. The number of nitrogens with zero attached hydrogens (tertiary/aromatic N) is 2. The normalized spacial score (nSPS) is 11.6. The van der Waals surface area contributed by atoms with Crippen LogP contribution in [0.1, 0.15) is 27.3 Å². The zero-order chi connectivity index (χ0) is 24.3. The van der Waals surface area contributed by atoms with E-state index in [1.54, 1.807) is 17.7 Å². The van der Waals surface area contributed by atoms with Crippen molar-refractivity contribution in [3.8, 4) is 5.69 Å². The highest BCUT2D eigenvalue weighted by atomic mass is 35.5. The summed E-state index contributed by atoms with van der Waals surface area (Å²) in [5.74, 6) is -0.407. The van der Waals surface area contributed by atoms with Gasteiger partial charge in [-0.15, -0.1) is 11.3 Å². The zero-order valence-electron chi connectivity index (χ0n) is 18.3. The predicted octanol–water partition coefficient (Wildman–Crippen LogP) is 5.37. The van der Waals surface area contributed by atoms with E-state index < -0.39 is 15.9 Å². The summed E-state index contributed by atoms with van der Waals surface area (Å²) in [6.45, 7) is 3.96. The lowest BCUT2D eigenvalue weighted by Crippen LogP contribution is -2.18. The molecule has 4 rings (SSSR count). The molecular weight excluding hydrogens is 492 g/mol. The van der Waals surface area contributed by atoms with Crippen molar-refractivity contribution in [3.63, 3.8) is 0 Å². The van der Waals surface area contributed by atoms with Gasteiger partial charge in [-0.2, -0.15) is 5.10 Å². The average Bonchev–Trinajstić information content (AvgIpc) is 3.44. The molecular formula is C24H21ClN4O3S2. The second-order valence-corrected chi connectivity index (χ2v) is 10.7. The molecule has 10 heteroatoms. The summed E-state index contributed by atoms with van der Waals surface area (Å²) in [4.78, 5) is 12.4. The van der Waals surface area contributed by atoms with Crippen molar-refractivity contribution in [2.45, 2.75) is 18.1 Å². The van der Waals surface area contributed by atoms with Gasteiger partial charge in [0.15, 0.2) is 0 Å². The van der Waals surface area contributed by atoms with Crippen molar-refractivity contribution in [2.75, 3.05) is 4.72 Å². The van der Waals surface area contributed by atoms with E-state index in [9.17, 15) is 13.2 Å². The number of aromatic nitrogens is 1. The molecule has 2 aromatic heterocycles. The fourth-order valence-corrected chi connectivity index (χ4v) is 5.62. The molecule has 0 saturated heterocycles. The number of benzene rings is 2. The van der Waals surface area contributed by atoms with Gasteiger partial charge in [-0.3, -0.25) is 9.52 Å². The van der Waals surface area contributed by atoms with Crippen molar-refractivity contribution in [1.29, 1.82) is 0 Å². The third kappa shape index (κ3) is 5.22. The number of rotatable bonds is 7. The van der Waals surface area contributed by atoms with Crippen molar-refractivity contribution in [1.82, 2.24) is 9.99 Å². The summed E-state index contributed by atoms with van der Waals surface area (Å²) >= 11 is 7.12. The van der Waals surface area contributed by atoms with Crippen LogP contribution in [0, 0.1) is 13.8 Å². The lowest BCUT2D eigenvalue weighted by Gasteiger charge is -2.09. The van der Waals surface area contributed by atoms with Crippen molar-refractivity contribution < 1.29 is 13.2 Å². The molecule has 7 nitrogen and oxygen atoms in total. The number of carbonyl (C=O) groups excluding carboxylic acids is 1. The number of amides is 1. The number of sulfonamides is 1. The lowest BCUT2D eigenvalue weighted by molar-refractivity contribution is 0.0955. The summed E-state index contributed by atoms with van der Waals surface area (Å²) in [6, 6.07) is 18.9. The van der Waals surface area contributed by atoms with Gasteiger partial charge >= 0.3 is 0 Å². The number of hydrazone groups is 1. The van der Waals surface area contributed by atoms with E-state index in [4.69, 9.17) is 11.6 Å². The quantitative estimate of drug-likeness (QED) is 0.257. The number of aryl methyl sites for hydroxylation is 1. The standard InChI is InChI=1S/C24H21ClN4O3S2/c1-16-14-19(17(2)29(16)22-11-7-20(25)8-12-22)15-26-27-24(30)18-5-9-21(10-6-18)28-34(31,32)23-4-3-13-33-23/h3-15,28H,1-2H3,(H,27,30)/b26-15+. The van der Waals surface area contributed by atoms with Crippen LogP contribution >= 0.6 is 22.9 Å². The summed E-state index contributed by atoms with van der Waals surface area (Å²) < 4.78 is 29.4. The maximum Gasteiger partial charge on any atom is 0.271 e. The van der Waals surface area contributed by atoms with Crippen LogP contribution in [0.4, 0.5) is 5.69 Å². The first kappa shape index (κ1) is 23.7. The van der Waals surface area contributed by atoms with E-state index in [0.29, 0.717) is 16.3 Å². The topological polar surface area (TPSA) is 92.6 Å². The zero-order valence-corrected chi connectivity index (χ0v) is 20.7. The number of hydrogen-bond acceptors (Lipinski definition) is 5. The molecule has 2 N–H and O–H groups in total. The van der Waals surface area contributed by atoms with Gasteiger partial charge in [0.25, 0.3) is 15.9 Å². The number of thiophene rings is 1. The summed E-state index contributed by atoms with van der Waals surface area (Å²) in [5.41, 5.74) is 7.07. The van der Waals surface area contributed by atoms with Gasteiger partial charge in [-0.1, -0.05) is 17.7 Å². The highest BCUT2D eigenvalue weighted by Crippen LogP contribution is 2.22. The summed E-state index contributed by atoms with van der Waals surface area (Å²) in [7, 11) is -3.64. The fraction of sp³-hybridized carbons (Fsp3) is 0.0833. The van der Waals surface area contributed by atoms with Crippen LogP contribution in [-0.2, 0) is 10.0 Å². The predicted molar refractivity (Wildman–Crippen MR) is 137 cm³/mol. The Morgan fingerprint density at radius 3 is 2.41 bits per heavy atom. The Hall–Kier alpha value is -3.40. The summed E-state index contributed by atoms with van der Waals surface area (Å²) in [5, 5.41) is 6.45. The molecule has 0 fully saturated rings. The lowest BCUT2D eigenvalue weighted by atomic mass is 10.2. The van der Waals surface area contributed by atoms with Crippen LogP contribution in [0.5, 0.6) is 0 Å². The van der Waals surface area contributed by atoms with Gasteiger partial charge in [0, 0.05) is 38.9 Å². The first-order chi connectivity index (χ1) is 16.2. The number of nitrogens with one attached hydrogen (secondary N) is 2. The first-order valence-corrected chi connectivity index (χ1v) is 12.9. The third-order valence-corrected chi connectivity index (χ3v) is 8.11. The molecule has 0 saturated carbocycles. The van der Waals surface area contributed by atoms with Gasteiger partial charge < -0.3 is 4.57 Å². The van der Waals surface area contributed by atoms with Crippen LogP contribution in [0.25, 0.3) is 5.69 Å². The summed E-state index contributed by atoms with van der Waals surface area (Å²) in [6.07, 6.45) is 1.59. The Kier molecular flexibility index (Phi) is 6.87. The molecule has 0 aliphatic heterocycles. The molecule has 4 aromatic rings. The minimum absolute atomic E-state index is 0.221. The largest absolute Gasteiger partial charge is 0.318 e. The molecule has 2 aromatic carbocycles. The Labute approximate surface area is 206 Å². The van der Waals surface area contributed by atoms with E-state index in [1.165, 1.54) is 30.3 Å². The molecule has 0 atom stereocenters. The maximum atomic E-state index is 12.4. The van der Waals surface area contributed by atoms with Crippen LogP contribution in [-0.4, -0.2) is 25.1 Å². The maximum absolute atomic E-state index is 12.4. The molecule has 0 spiro atoms.